The second-order valence-corrected chi connectivity index (χ2v) is 5.36. The van der Waals surface area contributed by atoms with Crippen LogP contribution in [0.25, 0.3) is 0 Å². The first-order chi connectivity index (χ1) is 12.3. The molecule has 5 heteroatoms. The van der Waals surface area contributed by atoms with Gasteiger partial charge in [-0.05, 0) is 36.4 Å². The van der Waals surface area contributed by atoms with E-state index in [1.165, 1.54) is 0 Å². The number of ether oxygens (including phenoxy) is 2. The molecule has 128 valence electrons. The van der Waals surface area contributed by atoms with Gasteiger partial charge in [0.1, 0.15) is 23.4 Å². The van der Waals surface area contributed by atoms with E-state index < -0.39 is 0 Å². The Hall–Kier alpha value is -3.05. The smallest absolute Gasteiger partial charge is 0.255 e. The van der Waals surface area contributed by atoms with Gasteiger partial charge in [0.2, 0.25) is 0 Å². The molecule has 1 amide bonds. The molecular weight excluding hydrogens is 318 g/mol. The first-order valence-electron chi connectivity index (χ1n) is 7.94. The summed E-state index contributed by atoms with van der Waals surface area (Å²) < 4.78 is 16.5. The standard InChI is InChI=1S/C20H19NO4/c1-23-19(18-12-7-13-24-18)14-21-20(22)16-10-5-6-11-17(16)25-15-8-3-2-4-9-15/h2-13,19H,14H2,1H3,(H,21,22). The predicted molar refractivity (Wildman–Crippen MR) is 93.7 cm³/mol. The number of hydrogen-bond acceptors (Lipinski definition) is 4. The van der Waals surface area contributed by atoms with Crippen LogP contribution in [0.15, 0.2) is 77.4 Å². The van der Waals surface area contributed by atoms with Gasteiger partial charge in [0.05, 0.1) is 18.4 Å². The largest absolute Gasteiger partial charge is 0.467 e. The van der Waals surface area contributed by atoms with Gasteiger partial charge in [-0.3, -0.25) is 4.79 Å². The van der Waals surface area contributed by atoms with Crippen molar-refractivity contribution in [2.75, 3.05) is 13.7 Å². The quantitative estimate of drug-likeness (QED) is 0.702. The van der Waals surface area contributed by atoms with Crippen molar-refractivity contribution in [1.29, 1.82) is 0 Å². The maximum Gasteiger partial charge on any atom is 0.255 e. The fraction of sp³-hybridized carbons (Fsp3) is 0.150. The molecule has 0 saturated carbocycles. The summed E-state index contributed by atoms with van der Waals surface area (Å²) in [6.45, 7) is 0.294. The Morgan fingerprint density at radius 1 is 1.04 bits per heavy atom. The first kappa shape index (κ1) is 16.8. The van der Waals surface area contributed by atoms with Crippen LogP contribution in [-0.2, 0) is 4.74 Å². The van der Waals surface area contributed by atoms with Gasteiger partial charge in [-0.1, -0.05) is 30.3 Å². The minimum absolute atomic E-state index is 0.236. The van der Waals surface area contributed by atoms with Crippen LogP contribution < -0.4 is 10.1 Å². The van der Waals surface area contributed by atoms with Crippen molar-refractivity contribution >= 4 is 5.91 Å². The highest BCUT2D eigenvalue weighted by Crippen LogP contribution is 2.25. The number of nitrogens with one attached hydrogen (secondary N) is 1. The molecule has 1 N–H and O–H groups in total. The molecule has 0 bridgehead atoms. The van der Waals surface area contributed by atoms with Gasteiger partial charge < -0.3 is 19.2 Å². The van der Waals surface area contributed by atoms with Crippen LogP contribution >= 0.6 is 0 Å². The lowest BCUT2D eigenvalue weighted by Gasteiger charge is -2.15. The zero-order valence-electron chi connectivity index (χ0n) is 13.8. The van der Waals surface area contributed by atoms with Crippen LogP contribution in [0.2, 0.25) is 0 Å². The van der Waals surface area contributed by atoms with Crippen LogP contribution in [0.4, 0.5) is 0 Å². The van der Waals surface area contributed by atoms with E-state index in [9.17, 15) is 4.79 Å². The van der Waals surface area contributed by atoms with Crippen LogP contribution in [0.1, 0.15) is 22.2 Å². The number of hydrogen-bond donors (Lipinski definition) is 1. The lowest BCUT2D eigenvalue weighted by Crippen LogP contribution is -2.29. The normalized spacial score (nSPS) is 11.7. The van der Waals surface area contributed by atoms with E-state index in [1.54, 1.807) is 37.6 Å². The molecule has 1 heterocycles. The van der Waals surface area contributed by atoms with E-state index in [4.69, 9.17) is 13.9 Å². The van der Waals surface area contributed by atoms with Crippen molar-refractivity contribution < 1.29 is 18.7 Å². The molecule has 3 rings (SSSR count). The molecule has 0 spiro atoms. The summed E-state index contributed by atoms with van der Waals surface area (Å²) in [5, 5.41) is 2.86. The average Bonchev–Trinajstić information content (AvgIpc) is 3.18. The van der Waals surface area contributed by atoms with Gasteiger partial charge in [0.15, 0.2) is 0 Å². The third-order valence-corrected chi connectivity index (χ3v) is 3.70. The van der Waals surface area contributed by atoms with E-state index >= 15 is 0 Å². The minimum Gasteiger partial charge on any atom is -0.467 e. The third kappa shape index (κ3) is 4.28. The van der Waals surface area contributed by atoms with Crippen LogP contribution in [0.3, 0.4) is 0 Å². The van der Waals surface area contributed by atoms with Gasteiger partial charge in [-0.15, -0.1) is 0 Å². The molecular formula is C20H19NO4. The number of para-hydroxylation sites is 2. The van der Waals surface area contributed by atoms with E-state index in [1.807, 2.05) is 42.5 Å². The second kappa shape index (κ2) is 8.17. The van der Waals surface area contributed by atoms with Crippen molar-refractivity contribution in [3.8, 4) is 11.5 Å². The summed E-state index contributed by atoms with van der Waals surface area (Å²) in [6, 6.07) is 20.1. The summed E-state index contributed by atoms with van der Waals surface area (Å²) in [7, 11) is 1.58. The molecule has 0 fully saturated rings. The van der Waals surface area contributed by atoms with Crippen molar-refractivity contribution in [2.24, 2.45) is 0 Å². The summed E-state index contributed by atoms with van der Waals surface area (Å²) in [5.41, 5.74) is 0.459. The molecule has 1 unspecified atom stereocenters. The van der Waals surface area contributed by atoms with Crippen LogP contribution in [0.5, 0.6) is 11.5 Å². The molecule has 0 radical (unpaired) electrons. The molecule has 1 atom stereocenters. The second-order valence-electron chi connectivity index (χ2n) is 5.36. The minimum atomic E-state index is -0.346. The number of benzene rings is 2. The SMILES string of the molecule is COC(CNC(=O)c1ccccc1Oc1ccccc1)c1ccco1. The third-order valence-electron chi connectivity index (χ3n) is 3.70. The Bertz CT molecular complexity index is 800. The predicted octanol–water partition coefficient (Wildman–Crippen LogP) is 4.19. The summed E-state index contributed by atoms with van der Waals surface area (Å²) in [5.74, 6) is 1.60. The molecule has 0 aliphatic heterocycles. The number of rotatable bonds is 7. The molecule has 1 aromatic heterocycles. The molecule has 3 aromatic rings. The fourth-order valence-corrected chi connectivity index (χ4v) is 2.41. The maximum atomic E-state index is 12.6. The number of methoxy groups -OCH3 is 1. The summed E-state index contributed by atoms with van der Waals surface area (Å²) in [4.78, 5) is 12.6. The molecule has 2 aromatic carbocycles. The van der Waals surface area contributed by atoms with Gasteiger partial charge in [0.25, 0.3) is 5.91 Å². The lowest BCUT2D eigenvalue weighted by molar-refractivity contribution is 0.0737. The van der Waals surface area contributed by atoms with Gasteiger partial charge in [-0.2, -0.15) is 0 Å². The number of carbonyl (C=O) groups excluding carboxylic acids is 1. The van der Waals surface area contributed by atoms with Crippen molar-refractivity contribution in [3.63, 3.8) is 0 Å². The van der Waals surface area contributed by atoms with E-state index in [0.717, 1.165) is 0 Å². The van der Waals surface area contributed by atoms with Gasteiger partial charge in [0, 0.05) is 7.11 Å². The molecule has 25 heavy (non-hydrogen) atoms. The zero-order valence-corrected chi connectivity index (χ0v) is 13.8. The van der Waals surface area contributed by atoms with Crippen LogP contribution in [0, 0.1) is 0 Å². The number of carbonyl (C=O) groups is 1. The Morgan fingerprint density at radius 3 is 2.52 bits per heavy atom. The van der Waals surface area contributed by atoms with Gasteiger partial charge in [-0.25, -0.2) is 0 Å². The Morgan fingerprint density at radius 2 is 1.80 bits per heavy atom. The Kier molecular flexibility index (Phi) is 5.49. The first-order valence-corrected chi connectivity index (χ1v) is 7.94. The Labute approximate surface area is 146 Å². The van der Waals surface area contributed by atoms with E-state index in [0.29, 0.717) is 29.4 Å². The fourth-order valence-electron chi connectivity index (χ4n) is 2.41. The summed E-state index contributed by atoms with van der Waals surface area (Å²) in [6.07, 6.45) is 1.23. The van der Waals surface area contributed by atoms with Crippen molar-refractivity contribution in [3.05, 3.63) is 84.3 Å². The molecule has 5 nitrogen and oxygen atoms in total. The lowest BCUT2D eigenvalue weighted by atomic mass is 10.1. The Balaban J connectivity index is 1.70. The highest BCUT2D eigenvalue weighted by molar-refractivity contribution is 5.97. The summed E-state index contributed by atoms with van der Waals surface area (Å²) >= 11 is 0. The molecule has 0 aliphatic carbocycles. The average molecular weight is 337 g/mol. The highest BCUT2D eigenvalue weighted by Gasteiger charge is 2.17. The zero-order chi connectivity index (χ0) is 17.5. The molecule has 0 saturated heterocycles. The van der Waals surface area contributed by atoms with Crippen LogP contribution in [-0.4, -0.2) is 19.6 Å². The molecule has 0 aliphatic rings. The maximum absolute atomic E-state index is 12.6. The van der Waals surface area contributed by atoms with Gasteiger partial charge >= 0.3 is 0 Å². The monoisotopic (exact) mass is 337 g/mol. The number of amides is 1. The van der Waals surface area contributed by atoms with Crippen molar-refractivity contribution in [1.82, 2.24) is 5.32 Å². The van der Waals surface area contributed by atoms with E-state index in [2.05, 4.69) is 5.32 Å². The number of furan rings is 1. The van der Waals surface area contributed by atoms with E-state index in [-0.39, 0.29) is 12.0 Å². The van der Waals surface area contributed by atoms with Crippen molar-refractivity contribution in [2.45, 2.75) is 6.10 Å². The topological polar surface area (TPSA) is 60.7 Å². The highest BCUT2D eigenvalue weighted by atomic mass is 16.5.